The van der Waals surface area contributed by atoms with Crippen molar-refractivity contribution in [1.82, 2.24) is 9.97 Å². The van der Waals surface area contributed by atoms with Gasteiger partial charge in [0, 0.05) is 15.8 Å². The zero-order valence-electron chi connectivity index (χ0n) is 13.7. The van der Waals surface area contributed by atoms with E-state index in [1.165, 1.54) is 6.20 Å². The summed E-state index contributed by atoms with van der Waals surface area (Å²) in [7, 11) is 0. The van der Waals surface area contributed by atoms with Crippen molar-refractivity contribution in [3.8, 4) is 0 Å². The van der Waals surface area contributed by atoms with Gasteiger partial charge in [-0.15, -0.1) is 0 Å². The number of hydrogen-bond acceptors (Lipinski definition) is 4. The van der Waals surface area contributed by atoms with Gasteiger partial charge in [0.05, 0.1) is 12.4 Å². The molecule has 2 N–H and O–H groups in total. The molecule has 0 spiro atoms. The second-order valence-electron chi connectivity index (χ2n) is 5.39. The van der Waals surface area contributed by atoms with Gasteiger partial charge in [-0.25, -0.2) is 9.97 Å². The topological polar surface area (TPSA) is 66.9 Å². The maximum Gasteiger partial charge on any atom is 0.275 e. The number of nitrogens with one attached hydrogen (secondary N) is 2. The predicted molar refractivity (Wildman–Crippen MR) is 103 cm³/mol. The molecule has 1 amide bonds. The monoisotopic (exact) mass is 396 g/mol. The summed E-state index contributed by atoms with van der Waals surface area (Å²) in [6.07, 6.45) is 3.85. The van der Waals surface area contributed by atoms with Crippen LogP contribution in [0.5, 0.6) is 0 Å². The van der Waals surface area contributed by atoms with Crippen LogP contribution in [0, 0.1) is 0 Å². The Kier molecular flexibility index (Phi) is 5.40. The van der Waals surface area contributed by atoms with Crippen molar-refractivity contribution < 1.29 is 4.79 Å². The van der Waals surface area contributed by atoms with Crippen molar-refractivity contribution in [3.05, 3.63) is 76.7 Å². The SMILES string of the molecule is CCc1ccccc1NC(=O)c1cnc(Nc2cccc(Br)c2)cn1. The number of benzene rings is 2. The third-order valence-electron chi connectivity index (χ3n) is 3.63. The van der Waals surface area contributed by atoms with Crippen LogP contribution >= 0.6 is 15.9 Å². The van der Waals surface area contributed by atoms with Crippen LogP contribution in [0.4, 0.5) is 17.2 Å². The average molecular weight is 397 g/mol. The normalized spacial score (nSPS) is 10.3. The van der Waals surface area contributed by atoms with Crippen LogP contribution < -0.4 is 10.6 Å². The molecule has 3 aromatic rings. The molecular weight excluding hydrogens is 380 g/mol. The maximum atomic E-state index is 12.4. The molecular formula is C19H17BrN4O. The molecule has 0 saturated carbocycles. The van der Waals surface area contributed by atoms with E-state index in [-0.39, 0.29) is 11.6 Å². The lowest BCUT2D eigenvalue weighted by atomic mass is 10.1. The molecule has 6 heteroatoms. The van der Waals surface area contributed by atoms with Crippen LogP contribution in [0.1, 0.15) is 23.0 Å². The Morgan fingerprint density at radius 2 is 1.92 bits per heavy atom. The Bertz CT molecular complexity index is 881. The Labute approximate surface area is 154 Å². The highest BCUT2D eigenvalue weighted by Crippen LogP contribution is 2.19. The Morgan fingerprint density at radius 1 is 1.08 bits per heavy atom. The van der Waals surface area contributed by atoms with Crippen LogP contribution in [0.15, 0.2) is 65.4 Å². The maximum absolute atomic E-state index is 12.4. The zero-order valence-corrected chi connectivity index (χ0v) is 15.2. The number of rotatable bonds is 5. The molecule has 0 atom stereocenters. The van der Waals surface area contributed by atoms with Gasteiger partial charge in [0.25, 0.3) is 5.91 Å². The fourth-order valence-corrected chi connectivity index (χ4v) is 2.76. The number of anilines is 3. The zero-order chi connectivity index (χ0) is 17.6. The summed E-state index contributed by atoms with van der Waals surface area (Å²) >= 11 is 3.42. The fourth-order valence-electron chi connectivity index (χ4n) is 2.36. The third kappa shape index (κ3) is 4.42. The smallest absolute Gasteiger partial charge is 0.275 e. The van der Waals surface area contributed by atoms with Crippen molar-refractivity contribution in [1.29, 1.82) is 0 Å². The molecule has 5 nitrogen and oxygen atoms in total. The van der Waals surface area contributed by atoms with E-state index in [4.69, 9.17) is 0 Å². The molecule has 0 radical (unpaired) electrons. The number of nitrogens with zero attached hydrogens (tertiary/aromatic N) is 2. The first kappa shape index (κ1) is 17.1. The summed E-state index contributed by atoms with van der Waals surface area (Å²) in [5, 5.41) is 6.03. The van der Waals surface area contributed by atoms with Gasteiger partial charge in [-0.3, -0.25) is 4.79 Å². The van der Waals surface area contributed by atoms with Crippen LogP contribution in [0.2, 0.25) is 0 Å². The standard InChI is InChI=1S/C19H17BrN4O/c1-2-13-6-3-4-9-16(13)24-19(25)17-11-22-18(12-21-17)23-15-8-5-7-14(20)10-15/h3-12H,2H2,1H3,(H,22,23)(H,24,25). The van der Waals surface area contributed by atoms with Gasteiger partial charge in [-0.05, 0) is 36.2 Å². The van der Waals surface area contributed by atoms with Gasteiger partial charge in [-0.1, -0.05) is 47.1 Å². The first-order valence-electron chi connectivity index (χ1n) is 7.89. The summed E-state index contributed by atoms with van der Waals surface area (Å²) in [6.45, 7) is 2.05. The van der Waals surface area contributed by atoms with Crippen molar-refractivity contribution in [2.45, 2.75) is 13.3 Å². The van der Waals surface area contributed by atoms with E-state index in [1.807, 2.05) is 55.5 Å². The summed E-state index contributed by atoms with van der Waals surface area (Å²) in [4.78, 5) is 20.8. The highest BCUT2D eigenvalue weighted by atomic mass is 79.9. The number of aryl methyl sites for hydroxylation is 1. The number of halogens is 1. The first-order chi connectivity index (χ1) is 12.2. The van der Waals surface area contributed by atoms with E-state index in [0.717, 1.165) is 27.8 Å². The molecule has 1 aromatic heterocycles. The molecule has 0 fully saturated rings. The number of amides is 1. The van der Waals surface area contributed by atoms with E-state index in [9.17, 15) is 4.79 Å². The molecule has 25 heavy (non-hydrogen) atoms. The minimum Gasteiger partial charge on any atom is -0.339 e. The Morgan fingerprint density at radius 3 is 2.64 bits per heavy atom. The van der Waals surface area contributed by atoms with Crippen molar-refractivity contribution in [2.24, 2.45) is 0 Å². The van der Waals surface area contributed by atoms with Crippen molar-refractivity contribution in [3.63, 3.8) is 0 Å². The average Bonchev–Trinajstić information content (AvgIpc) is 2.63. The quantitative estimate of drug-likeness (QED) is 0.649. The van der Waals surface area contributed by atoms with E-state index < -0.39 is 0 Å². The Hall–Kier alpha value is -2.73. The van der Waals surface area contributed by atoms with Crippen molar-refractivity contribution in [2.75, 3.05) is 10.6 Å². The molecule has 3 rings (SSSR count). The van der Waals surface area contributed by atoms with E-state index in [1.54, 1.807) is 6.20 Å². The molecule has 0 saturated heterocycles. The summed E-state index contributed by atoms with van der Waals surface area (Å²) in [5.74, 6) is 0.297. The van der Waals surface area contributed by atoms with Gasteiger partial charge in [-0.2, -0.15) is 0 Å². The summed E-state index contributed by atoms with van der Waals surface area (Å²) in [6, 6.07) is 15.5. The number of para-hydroxylation sites is 1. The number of carbonyl (C=O) groups is 1. The highest BCUT2D eigenvalue weighted by molar-refractivity contribution is 9.10. The van der Waals surface area contributed by atoms with Gasteiger partial charge in [0.2, 0.25) is 0 Å². The second-order valence-corrected chi connectivity index (χ2v) is 6.30. The molecule has 0 aliphatic carbocycles. The molecule has 126 valence electrons. The van der Waals surface area contributed by atoms with E-state index in [2.05, 4.69) is 36.5 Å². The van der Waals surface area contributed by atoms with E-state index >= 15 is 0 Å². The minimum absolute atomic E-state index is 0.269. The molecule has 0 aliphatic rings. The van der Waals surface area contributed by atoms with Gasteiger partial charge in [0.1, 0.15) is 11.5 Å². The fraction of sp³-hybridized carbons (Fsp3) is 0.105. The van der Waals surface area contributed by atoms with Crippen LogP contribution in [-0.4, -0.2) is 15.9 Å². The lowest BCUT2D eigenvalue weighted by Crippen LogP contribution is -2.15. The molecule has 0 bridgehead atoms. The van der Waals surface area contributed by atoms with Gasteiger partial charge < -0.3 is 10.6 Å². The van der Waals surface area contributed by atoms with Gasteiger partial charge >= 0.3 is 0 Å². The molecule has 0 aliphatic heterocycles. The van der Waals surface area contributed by atoms with Crippen LogP contribution in [0.25, 0.3) is 0 Å². The lowest BCUT2D eigenvalue weighted by molar-refractivity contribution is 0.102. The lowest BCUT2D eigenvalue weighted by Gasteiger charge is -2.10. The summed E-state index contributed by atoms with van der Waals surface area (Å²) < 4.78 is 0.969. The predicted octanol–water partition coefficient (Wildman–Crippen LogP) is 4.80. The largest absolute Gasteiger partial charge is 0.339 e. The van der Waals surface area contributed by atoms with E-state index in [0.29, 0.717) is 5.82 Å². The Balaban J connectivity index is 1.70. The number of carbonyl (C=O) groups excluding carboxylic acids is 1. The second kappa shape index (κ2) is 7.90. The number of aromatic nitrogens is 2. The highest BCUT2D eigenvalue weighted by Gasteiger charge is 2.10. The number of hydrogen-bond donors (Lipinski definition) is 2. The first-order valence-corrected chi connectivity index (χ1v) is 8.69. The van der Waals surface area contributed by atoms with Crippen LogP contribution in [0.3, 0.4) is 0 Å². The summed E-state index contributed by atoms with van der Waals surface area (Å²) in [5.41, 5.74) is 3.04. The van der Waals surface area contributed by atoms with Crippen LogP contribution in [-0.2, 0) is 6.42 Å². The third-order valence-corrected chi connectivity index (χ3v) is 4.12. The molecule has 2 aromatic carbocycles. The minimum atomic E-state index is -0.276. The molecule has 1 heterocycles. The van der Waals surface area contributed by atoms with Gasteiger partial charge in [0.15, 0.2) is 0 Å². The molecule has 0 unspecified atom stereocenters. The van der Waals surface area contributed by atoms with Crippen molar-refractivity contribution >= 4 is 39.0 Å².